The van der Waals surface area contributed by atoms with Gasteiger partial charge in [-0.05, 0) is 56.1 Å². The number of hydrogen-bond donors (Lipinski definition) is 1. The fourth-order valence-electron chi connectivity index (χ4n) is 4.28. The molecule has 180 valence electrons. The number of nitrogens with one attached hydrogen (secondary N) is 1. The number of esters is 1. The number of anilines is 2. The van der Waals surface area contributed by atoms with Crippen LogP contribution in [0, 0.1) is 13.8 Å². The van der Waals surface area contributed by atoms with Crippen LogP contribution in [0.3, 0.4) is 0 Å². The van der Waals surface area contributed by atoms with Crippen LogP contribution in [0.4, 0.5) is 11.6 Å². The minimum Gasteiger partial charge on any atom is -0.465 e. The Bertz CT molecular complexity index is 1120. The highest BCUT2D eigenvalue weighted by Crippen LogP contribution is 2.30. The molecule has 1 N–H and O–H groups in total. The molecule has 0 saturated carbocycles. The zero-order chi connectivity index (χ0) is 24.1. The fraction of sp³-hybridized carbons (Fsp3) is 0.385. The van der Waals surface area contributed by atoms with E-state index in [4.69, 9.17) is 20.9 Å². The molecule has 4 rings (SSSR count). The summed E-state index contributed by atoms with van der Waals surface area (Å²) < 4.78 is 10.4. The summed E-state index contributed by atoms with van der Waals surface area (Å²) in [5.41, 5.74) is 5.45. The van der Waals surface area contributed by atoms with E-state index >= 15 is 0 Å². The normalized spacial score (nSPS) is 14.3. The standard InChI is InChI=1S/C26H31ClN4O3/c1-18-5-6-19(2)22(17-18)31-15-13-30(14-16-31)12-4-11-28-25-23(26(32)33-3)24(29-34-25)20-7-9-21(27)10-8-20/h5-10,17,28H,4,11-16H2,1-3H3. The number of carbonyl (C=O) groups is 1. The second-order valence-electron chi connectivity index (χ2n) is 8.63. The molecule has 2 heterocycles. The van der Waals surface area contributed by atoms with Gasteiger partial charge >= 0.3 is 5.97 Å². The summed E-state index contributed by atoms with van der Waals surface area (Å²) >= 11 is 5.98. The van der Waals surface area contributed by atoms with Crippen molar-refractivity contribution < 1.29 is 14.1 Å². The first-order chi connectivity index (χ1) is 16.5. The maximum absolute atomic E-state index is 12.4. The molecule has 3 aromatic rings. The molecular formula is C26H31ClN4O3. The van der Waals surface area contributed by atoms with Gasteiger partial charge in [0.05, 0.1) is 7.11 Å². The summed E-state index contributed by atoms with van der Waals surface area (Å²) in [6.07, 6.45) is 0.918. The van der Waals surface area contributed by atoms with Gasteiger partial charge in [-0.1, -0.05) is 41.0 Å². The molecule has 0 amide bonds. The molecule has 0 aliphatic carbocycles. The van der Waals surface area contributed by atoms with Crippen molar-refractivity contribution in [2.75, 3.05) is 56.6 Å². The van der Waals surface area contributed by atoms with Crippen LogP contribution in [-0.4, -0.2) is 62.4 Å². The number of benzene rings is 2. The monoisotopic (exact) mass is 482 g/mol. The van der Waals surface area contributed by atoms with E-state index < -0.39 is 5.97 Å². The van der Waals surface area contributed by atoms with Crippen LogP contribution < -0.4 is 10.2 Å². The van der Waals surface area contributed by atoms with E-state index in [-0.39, 0.29) is 0 Å². The Labute approximate surface area is 205 Å². The van der Waals surface area contributed by atoms with E-state index in [9.17, 15) is 4.79 Å². The Morgan fingerprint density at radius 1 is 1.12 bits per heavy atom. The minimum absolute atomic E-state index is 0.298. The van der Waals surface area contributed by atoms with E-state index in [1.807, 2.05) is 0 Å². The number of aryl methyl sites for hydroxylation is 2. The Hall–Kier alpha value is -3.03. The van der Waals surface area contributed by atoms with Gasteiger partial charge in [0, 0.05) is 49.0 Å². The lowest BCUT2D eigenvalue weighted by Gasteiger charge is -2.37. The highest BCUT2D eigenvalue weighted by molar-refractivity contribution is 6.30. The zero-order valence-electron chi connectivity index (χ0n) is 19.9. The van der Waals surface area contributed by atoms with Crippen LogP contribution in [0.2, 0.25) is 5.02 Å². The number of nitrogens with zero attached hydrogens (tertiary/aromatic N) is 3. The van der Waals surface area contributed by atoms with Crippen molar-refractivity contribution in [3.8, 4) is 11.3 Å². The number of carbonyl (C=O) groups excluding carboxylic acids is 1. The van der Waals surface area contributed by atoms with Crippen molar-refractivity contribution >= 4 is 29.1 Å². The highest BCUT2D eigenvalue weighted by atomic mass is 35.5. The third-order valence-electron chi connectivity index (χ3n) is 6.21. The molecule has 1 aliphatic rings. The molecule has 1 saturated heterocycles. The van der Waals surface area contributed by atoms with Crippen molar-refractivity contribution in [1.29, 1.82) is 0 Å². The highest BCUT2D eigenvalue weighted by Gasteiger charge is 2.25. The van der Waals surface area contributed by atoms with Gasteiger partial charge in [-0.3, -0.25) is 4.90 Å². The number of hydrogen-bond acceptors (Lipinski definition) is 7. The topological polar surface area (TPSA) is 70.8 Å². The van der Waals surface area contributed by atoms with Crippen molar-refractivity contribution in [1.82, 2.24) is 10.1 Å². The molecule has 1 fully saturated rings. The zero-order valence-corrected chi connectivity index (χ0v) is 20.7. The molecular weight excluding hydrogens is 452 g/mol. The summed E-state index contributed by atoms with van der Waals surface area (Å²) in [6.45, 7) is 10.1. The lowest BCUT2D eigenvalue weighted by molar-refractivity contribution is 0.0602. The maximum Gasteiger partial charge on any atom is 0.345 e. The van der Waals surface area contributed by atoms with Crippen LogP contribution in [0.5, 0.6) is 0 Å². The lowest BCUT2D eigenvalue weighted by atomic mass is 10.1. The van der Waals surface area contributed by atoms with Crippen LogP contribution >= 0.6 is 11.6 Å². The predicted octanol–water partition coefficient (Wildman–Crippen LogP) is 5.02. The van der Waals surface area contributed by atoms with Gasteiger partial charge in [0.2, 0.25) is 5.88 Å². The van der Waals surface area contributed by atoms with Gasteiger partial charge in [0.15, 0.2) is 5.56 Å². The molecule has 2 aromatic carbocycles. The minimum atomic E-state index is -0.490. The number of methoxy groups -OCH3 is 1. The SMILES string of the molecule is COC(=O)c1c(-c2ccc(Cl)cc2)noc1NCCCN1CCN(c2cc(C)ccc2C)CC1. The van der Waals surface area contributed by atoms with Crippen LogP contribution in [0.15, 0.2) is 47.0 Å². The van der Waals surface area contributed by atoms with Gasteiger partial charge < -0.3 is 19.5 Å². The molecule has 0 radical (unpaired) electrons. The van der Waals surface area contributed by atoms with Crippen molar-refractivity contribution in [2.45, 2.75) is 20.3 Å². The number of piperazine rings is 1. The molecule has 7 nitrogen and oxygen atoms in total. The second kappa shape index (κ2) is 10.9. The fourth-order valence-corrected chi connectivity index (χ4v) is 4.41. The predicted molar refractivity (Wildman–Crippen MR) is 136 cm³/mol. The summed E-state index contributed by atoms with van der Waals surface area (Å²) in [4.78, 5) is 17.4. The molecule has 0 atom stereocenters. The van der Waals surface area contributed by atoms with E-state index in [2.05, 4.69) is 52.3 Å². The Kier molecular flexibility index (Phi) is 7.75. The van der Waals surface area contributed by atoms with Gasteiger partial charge in [0.25, 0.3) is 0 Å². The van der Waals surface area contributed by atoms with Crippen LogP contribution in [0.25, 0.3) is 11.3 Å². The molecule has 0 bridgehead atoms. The maximum atomic E-state index is 12.4. The smallest absolute Gasteiger partial charge is 0.345 e. The van der Waals surface area contributed by atoms with Crippen molar-refractivity contribution in [3.05, 3.63) is 64.2 Å². The number of halogens is 1. The number of ether oxygens (including phenoxy) is 1. The van der Waals surface area contributed by atoms with Gasteiger partial charge in [-0.2, -0.15) is 0 Å². The van der Waals surface area contributed by atoms with E-state index in [1.165, 1.54) is 23.9 Å². The first kappa shape index (κ1) is 24.1. The Morgan fingerprint density at radius 2 is 1.85 bits per heavy atom. The lowest BCUT2D eigenvalue weighted by Crippen LogP contribution is -2.47. The molecule has 1 aromatic heterocycles. The summed E-state index contributed by atoms with van der Waals surface area (Å²) in [5, 5.41) is 7.94. The quantitative estimate of drug-likeness (QED) is 0.357. The average Bonchev–Trinajstić information content (AvgIpc) is 3.27. The number of rotatable bonds is 8. The van der Waals surface area contributed by atoms with E-state index in [0.29, 0.717) is 28.7 Å². The molecule has 0 spiro atoms. The third-order valence-corrected chi connectivity index (χ3v) is 6.47. The van der Waals surface area contributed by atoms with E-state index in [1.54, 1.807) is 24.3 Å². The van der Waals surface area contributed by atoms with Crippen molar-refractivity contribution in [3.63, 3.8) is 0 Å². The summed E-state index contributed by atoms with van der Waals surface area (Å²) in [6, 6.07) is 13.7. The van der Waals surface area contributed by atoms with E-state index in [0.717, 1.165) is 44.7 Å². The first-order valence-corrected chi connectivity index (χ1v) is 12.0. The summed E-state index contributed by atoms with van der Waals surface area (Å²) in [7, 11) is 1.35. The second-order valence-corrected chi connectivity index (χ2v) is 9.07. The molecule has 8 heteroatoms. The first-order valence-electron chi connectivity index (χ1n) is 11.6. The Balaban J connectivity index is 1.30. The average molecular weight is 483 g/mol. The molecule has 0 unspecified atom stereocenters. The van der Waals surface area contributed by atoms with Crippen LogP contribution in [-0.2, 0) is 4.74 Å². The van der Waals surface area contributed by atoms with Gasteiger partial charge in [-0.15, -0.1) is 0 Å². The molecule has 34 heavy (non-hydrogen) atoms. The van der Waals surface area contributed by atoms with Gasteiger partial charge in [0.1, 0.15) is 5.69 Å². The third kappa shape index (κ3) is 5.54. The van der Waals surface area contributed by atoms with Crippen LogP contribution in [0.1, 0.15) is 27.9 Å². The largest absolute Gasteiger partial charge is 0.465 e. The van der Waals surface area contributed by atoms with Crippen molar-refractivity contribution in [2.24, 2.45) is 0 Å². The Morgan fingerprint density at radius 3 is 2.56 bits per heavy atom. The molecule has 1 aliphatic heterocycles. The number of aromatic nitrogens is 1. The van der Waals surface area contributed by atoms with Gasteiger partial charge in [-0.25, -0.2) is 4.79 Å². The summed E-state index contributed by atoms with van der Waals surface area (Å²) in [5.74, 6) is -0.159.